The fourth-order valence-electron chi connectivity index (χ4n) is 2.51. The molecule has 3 aromatic rings. The molecule has 2 aromatic carbocycles. The van der Waals surface area contributed by atoms with Crippen LogP contribution in [0, 0.1) is 5.82 Å². The van der Waals surface area contributed by atoms with Gasteiger partial charge >= 0.3 is 0 Å². The van der Waals surface area contributed by atoms with Gasteiger partial charge in [0, 0.05) is 0 Å². The standard InChI is InChI=1S/C15H7FN2O2/c16-8-5-6-10-12(7-8)18-14(13(10)19)17-11-4-2-1-3-9(11)15(18)20/h1-7H. The van der Waals surface area contributed by atoms with Crippen LogP contribution in [0.4, 0.5) is 4.39 Å². The van der Waals surface area contributed by atoms with Gasteiger partial charge in [-0.25, -0.2) is 9.37 Å². The lowest BCUT2D eigenvalue weighted by Gasteiger charge is -2.05. The third-order valence-electron chi connectivity index (χ3n) is 3.42. The molecule has 4 rings (SSSR count). The lowest BCUT2D eigenvalue weighted by Crippen LogP contribution is -2.21. The minimum absolute atomic E-state index is 0.0364. The van der Waals surface area contributed by atoms with Gasteiger partial charge in [-0.3, -0.25) is 14.2 Å². The molecule has 20 heavy (non-hydrogen) atoms. The maximum atomic E-state index is 13.4. The monoisotopic (exact) mass is 266 g/mol. The van der Waals surface area contributed by atoms with Crippen molar-refractivity contribution in [1.29, 1.82) is 0 Å². The van der Waals surface area contributed by atoms with Crippen molar-refractivity contribution in [1.82, 2.24) is 9.55 Å². The van der Waals surface area contributed by atoms with E-state index in [2.05, 4.69) is 4.98 Å². The van der Waals surface area contributed by atoms with Gasteiger partial charge in [0.05, 0.1) is 22.2 Å². The van der Waals surface area contributed by atoms with Crippen molar-refractivity contribution in [3.8, 4) is 5.69 Å². The molecule has 0 atom stereocenters. The number of benzene rings is 2. The van der Waals surface area contributed by atoms with E-state index < -0.39 is 5.82 Å². The Balaban J connectivity index is 2.21. The second kappa shape index (κ2) is 3.60. The predicted octanol–water partition coefficient (Wildman–Crippen LogP) is 2.07. The van der Waals surface area contributed by atoms with Crippen LogP contribution in [-0.2, 0) is 0 Å². The molecule has 0 unspecified atom stereocenters. The number of halogens is 1. The fourth-order valence-corrected chi connectivity index (χ4v) is 2.51. The summed E-state index contributed by atoms with van der Waals surface area (Å²) in [6, 6.07) is 10.6. The summed E-state index contributed by atoms with van der Waals surface area (Å²) in [5, 5.41) is 0.404. The first-order valence-corrected chi connectivity index (χ1v) is 6.03. The van der Waals surface area contributed by atoms with Crippen LogP contribution in [0.25, 0.3) is 16.6 Å². The molecular formula is C15H7FN2O2. The van der Waals surface area contributed by atoms with Gasteiger partial charge in [-0.1, -0.05) is 12.1 Å². The molecule has 0 radical (unpaired) electrons. The summed E-state index contributed by atoms with van der Waals surface area (Å²) in [7, 11) is 0. The lowest BCUT2D eigenvalue weighted by molar-refractivity contribution is 0.103. The molecule has 4 nitrogen and oxygen atoms in total. The molecule has 5 heteroatoms. The number of para-hydroxylation sites is 1. The Hall–Kier alpha value is -2.82. The number of rotatable bonds is 0. The zero-order valence-corrected chi connectivity index (χ0v) is 10.1. The molecule has 96 valence electrons. The molecule has 0 fully saturated rings. The summed E-state index contributed by atoms with van der Waals surface area (Å²) >= 11 is 0. The Morgan fingerprint density at radius 2 is 1.85 bits per heavy atom. The van der Waals surface area contributed by atoms with E-state index >= 15 is 0 Å². The van der Waals surface area contributed by atoms with Gasteiger partial charge in [-0.2, -0.15) is 0 Å². The van der Waals surface area contributed by atoms with E-state index in [9.17, 15) is 14.0 Å². The molecule has 0 saturated carbocycles. The molecule has 1 aliphatic heterocycles. The number of carbonyl (C=O) groups excluding carboxylic acids is 1. The van der Waals surface area contributed by atoms with Crippen molar-refractivity contribution >= 4 is 16.7 Å². The molecule has 0 amide bonds. The highest BCUT2D eigenvalue weighted by Crippen LogP contribution is 2.26. The maximum Gasteiger partial charge on any atom is 0.266 e. The van der Waals surface area contributed by atoms with Crippen LogP contribution in [0.15, 0.2) is 47.3 Å². The zero-order chi connectivity index (χ0) is 13.9. The predicted molar refractivity (Wildman–Crippen MR) is 70.7 cm³/mol. The average Bonchev–Trinajstić information content (AvgIpc) is 2.72. The van der Waals surface area contributed by atoms with Gasteiger partial charge in [-0.05, 0) is 30.3 Å². The van der Waals surface area contributed by atoms with Gasteiger partial charge < -0.3 is 0 Å². The van der Waals surface area contributed by atoms with Crippen LogP contribution in [-0.4, -0.2) is 15.3 Å². The second-order valence-electron chi connectivity index (χ2n) is 4.58. The summed E-state index contributed by atoms with van der Waals surface area (Å²) in [4.78, 5) is 29.0. The highest BCUT2D eigenvalue weighted by atomic mass is 19.1. The van der Waals surface area contributed by atoms with Crippen LogP contribution in [0.3, 0.4) is 0 Å². The van der Waals surface area contributed by atoms with Crippen LogP contribution < -0.4 is 5.56 Å². The minimum atomic E-state index is -0.496. The highest BCUT2D eigenvalue weighted by Gasteiger charge is 2.30. The molecule has 2 heterocycles. The van der Waals surface area contributed by atoms with Crippen molar-refractivity contribution in [3.63, 3.8) is 0 Å². The smallest absolute Gasteiger partial charge is 0.266 e. The third-order valence-corrected chi connectivity index (χ3v) is 3.42. The van der Waals surface area contributed by atoms with Gasteiger partial charge in [0.1, 0.15) is 5.82 Å². The summed E-state index contributed by atoms with van der Waals surface area (Å²) < 4.78 is 14.6. The first kappa shape index (κ1) is 11.0. The Kier molecular flexibility index (Phi) is 1.99. The molecule has 0 aliphatic carbocycles. The Morgan fingerprint density at radius 3 is 2.70 bits per heavy atom. The summed E-state index contributed by atoms with van der Waals surface area (Å²) in [6.07, 6.45) is 0. The van der Waals surface area contributed by atoms with Gasteiger partial charge in [-0.15, -0.1) is 0 Å². The van der Waals surface area contributed by atoms with Crippen LogP contribution in [0.5, 0.6) is 0 Å². The fraction of sp³-hybridized carbons (Fsp3) is 0. The lowest BCUT2D eigenvalue weighted by atomic mass is 10.1. The molecule has 1 aromatic heterocycles. The first-order chi connectivity index (χ1) is 9.66. The van der Waals surface area contributed by atoms with Crippen LogP contribution >= 0.6 is 0 Å². The van der Waals surface area contributed by atoms with Crippen molar-refractivity contribution in [3.05, 3.63) is 70.0 Å². The molecule has 1 aliphatic rings. The third kappa shape index (κ3) is 1.26. The van der Waals surface area contributed by atoms with Crippen molar-refractivity contribution in [2.45, 2.75) is 0 Å². The normalized spacial score (nSPS) is 12.6. The number of nitrogens with zero attached hydrogens (tertiary/aromatic N) is 2. The number of aromatic nitrogens is 2. The van der Waals surface area contributed by atoms with Crippen molar-refractivity contribution in [2.24, 2.45) is 0 Å². The SMILES string of the molecule is O=C1c2ccc(F)cc2-n2c1nc1ccccc1c2=O. The number of hydrogen-bond acceptors (Lipinski definition) is 3. The van der Waals surface area contributed by atoms with Gasteiger partial charge in [0.15, 0.2) is 5.82 Å². The Morgan fingerprint density at radius 1 is 1.05 bits per heavy atom. The maximum absolute atomic E-state index is 13.4. The average molecular weight is 266 g/mol. The summed E-state index contributed by atoms with van der Waals surface area (Å²) in [5.74, 6) is -0.818. The van der Waals surface area contributed by atoms with E-state index in [0.717, 1.165) is 0 Å². The van der Waals surface area contributed by atoms with Crippen LogP contribution in [0.2, 0.25) is 0 Å². The number of ketones is 1. The van der Waals surface area contributed by atoms with Gasteiger partial charge in [0.2, 0.25) is 5.78 Å². The zero-order valence-electron chi connectivity index (χ0n) is 10.1. The quantitative estimate of drug-likeness (QED) is 0.489. The topological polar surface area (TPSA) is 52.0 Å². The van der Waals surface area contributed by atoms with E-state index in [1.54, 1.807) is 24.3 Å². The minimum Gasteiger partial charge on any atom is -0.285 e. The Labute approximate surface area is 112 Å². The van der Waals surface area contributed by atoms with E-state index in [0.29, 0.717) is 16.5 Å². The molecule has 0 saturated heterocycles. The molecule has 0 bridgehead atoms. The molecule has 0 N–H and O–H groups in total. The van der Waals surface area contributed by atoms with E-state index in [-0.39, 0.29) is 22.9 Å². The van der Waals surface area contributed by atoms with Crippen LogP contribution in [0.1, 0.15) is 16.2 Å². The molecular weight excluding hydrogens is 259 g/mol. The number of carbonyl (C=O) groups is 1. The van der Waals surface area contributed by atoms with E-state index in [1.807, 2.05) is 0 Å². The second-order valence-corrected chi connectivity index (χ2v) is 4.58. The summed E-state index contributed by atoms with van der Waals surface area (Å²) in [6.45, 7) is 0. The van der Waals surface area contributed by atoms with Crippen molar-refractivity contribution in [2.75, 3.05) is 0 Å². The van der Waals surface area contributed by atoms with Gasteiger partial charge in [0.25, 0.3) is 5.56 Å². The van der Waals surface area contributed by atoms with E-state index in [4.69, 9.17) is 0 Å². The largest absolute Gasteiger partial charge is 0.285 e. The highest BCUT2D eigenvalue weighted by molar-refractivity contribution is 6.13. The molecule has 0 spiro atoms. The first-order valence-electron chi connectivity index (χ1n) is 6.03. The number of fused-ring (bicyclic) bond motifs is 4. The summed E-state index contributed by atoms with van der Waals surface area (Å²) in [5.41, 5.74) is 0.660. The Bertz CT molecular complexity index is 960. The number of hydrogen-bond donors (Lipinski definition) is 0. The van der Waals surface area contributed by atoms with E-state index in [1.165, 1.54) is 22.8 Å². The van der Waals surface area contributed by atoms with Crippen molar-refractivity contribution < 1.29 is 9.18 Å².